The highest BCUT2D eigenvalue weighted by Crippen LogP contribution is 2.29. The number of para-hydroxylation sites is 1. The topological polar surface area (TPSA) is 62.1 Å². The average Bonchev–Trinajstić information content (AvgIpc) is 2.30. The third-order valence-electron chi connectivity index (χ3n) is 2.06. The van der Waals surface area contributed by atoms with Gasteiger partial charge in [0.25, 0.3) is 0 Å². The van der Waals surface area contributed by atoms with Crippen LogP contribution in [0, 0.1) is 0 Å². The Morgan fingerprint density at radius 1 is 1.50 bits per heavy atom. The van der Waals surface area contributed by atoms with Crippen molar-refractivity contribution in [2.24, 2.45) is 5.16 Å². The first-order valence-corrected chi connectivity index (χ1v) is 5.29. The maximum absolute atomic E-state index is 8.72. The number of ether oxygens (including phenoxy) is 1. The Hall–Kier alpha value is -1.26. The van der Waals surface area contributed by atoms with Crippen LogP contribution in [0.2, 0.25) is 5.02 Å². The Bertz CT molecular complexity index is 379. The second-order valence-corrected chi connectivity index (χ2v) is 3.63. The third-order valence-corrected chi connectivity index (χ3v) is 2.35. The van der Waals surface area contributed by atoms with Gasteiger partial charge in [-0.05, 0) is 19.1 Å². The number of rotatable bonds is 5. The predicted molar refractivity (Wildman–Crippen MR) is 62.6 cm³/mol. The standard InChI is InChI=1S/C11H14ClNO3/c1-8(13-15)9-4-2-5-10(12)11(9)16-7-3-6-14/h2,4-5,14-15H,3,6-7H2,1H3/b13-8+. The average molecular weight is 244 g/mol. The molecule has 0 saturated heterocycles. The van der Waals surface area contributed by atoms with Gasteiger partial charge in [-0.25, -0.2) is 0 Å². The van der Waals surface area contributed by atoms with Gasteiger partial charge in [-0.1, -0.05) is 22.8 Å². The second-order valence-electron chi connectivity index (χ2n) is 3.23. The molecule has 5 heteroatoms. The van der Waals surface area contributed by atoms with E-state index in [2.05, 4.69) is 5.16 Å². The van der Waals surface area contributed by atoms with Gasteiger partial charge in [-0.3, -0.25) is 0 Å². The van der Waals surface area contributed by atoms with Crippen molar-refractivity contribution in [2.75, 3.05) is 13.2 Å². The molecule has 16 heavy (non-hydrogen) atoms. The molecule has 88 valence electrons. The summed E-state index contributed by atoms with van der Waals surface area (Å²) in [7, 11) is 0. The van der Waals surface area contributed by atoms with Crippen molar-refractivity contribution < 1.29 is 15.1 Å². The summed E-state index contributed by atoms with van der Waals surface area (Å²) in [5, 5.41) is 21.0. The maximum atomic E-state index is 8.72. The molecule has 2 N–H and O–H groups in total. The molecule has 0 heterocycles. The zero-order valence-corrected chi connectivity index (χ0v) is 9.74. The molecule has 0 aliphatic rings. The van der Waals surface area contributed by atoms with Crippen molar-refractivity contribution >= 4 is 17.3 Å². The normalized spacial score (nSPS) is 11.6. The lowest BCUT2D eigenvalue weighted by atomic mass is 10.1. The van der Waals surface area contributed by atoms with Gasteiger partial charge in [0.15, 0.2) is 0 Å². The molecule has 0 radical (unpaired) electrons. The summed E-state index contributed by atoms with van der Waals surface area (Å²) in [6.45, 7) is 2.09. The SMILES string of the molecule is C/C(=N\O)c1cccc(Cl)c1OCCCO. The first kappa shape index (κ1) is 12.8. The van der Waals surface area contributed by atoms with Crippen molar-refractivity contribution in [3.8, 4) is 5.75 Å². The number of nitrogens with zero attached hydrogens (tertiary/aromatic N) is 1. The quantitative estimate of drug-likeness (QED) is 0.361. The fourth-order valence-corrected chi connectivity index (χ4v) is 1.46. The van der Waals surface area contributed by atoms with Crippen LogP contribution in [0.3, 0.4) is 0 Å². The van der Waals surface area contributed by atoms with Crippen LogP contribution in [0.4, 0.5) is 0 Å². The highest BCUT2D eigenvalue weighted by molar-refractivity contribution is 6.32. The molecule has 0 fully saturated rings. The summed E-state index contributed by atoms with van der Waals surface area (Å²) in [6.07, 6.45) is 0.528. The molecule has 0 atom stereocenters. The Morgan fingerprint density at radius 3 is 2.88 bits per heavy atom. The van der Waals surface area contributed by atoms with Crippen LogP contribution in [-0.2, 0) is 0 Å². The molecule has 0 aliphatic carbocycles. The van der Waals surface area contributed by atoms with Crippen LogP contribution in [0.5, 0.6) is 5.75 Å². The van der Waals surface area contributed by atoms with E-state index in [1.165, 1.54) is 0 Å². The number of aliphatic hydroxyl groups excluding tert-OH is 1. The molecule has 1 rings (SSSR count). The Labute approximate surface area is 99.1 Å². The molecular formula is C11H14ClNO3. The van der Waals surface area contributed by atoms with Crippen LogP contribution in [0.1, 0.15) is 18.9 Å². The Kier molecular flexibility index (Phi) is 5.08. The molecule has 0 aliphatic heterocycles. The van der Waals surface area contributed by atoms with Crippen LogP contribution >= 0.6 is 11.6 Å². The molecule has 1 aromatic rings. The lowest BCUT2D eigenvalue weighted by molar-refractivity contribution is 0.233. The largest absolute Gasteiger partial charge is 0.491 e. The lowest BCUT2D eigenvalue weighted by Crippen LogP contribution is -2.05. The smallest absolute Gasteiger partial charge is 0.147 e. The zero-order valence-electron chi connectivity index (χ0n) is 8.98. The van der Waals surface area contributed by atoms with Crippen molar-refractivity contribution in [1.82, 2.24) is 0 Å². The summed E-state index contributed by atoms with van der Waals surface area (Å²) in [6, 6.07) is 5.21. The van der Waals surface area contributed by atoms with Gasteiger partial charge >= 0.3 is 0 Å². The summed E-state index contributed by atoms with van der Waals surface area (Å²) in [5.74, 6) is 0.480. The van der Waals surface area contributed by atoms with Crippen molar-refractivity contribution in [3.63, 3.8) is 0 Å². The number of hydrogen-bond donors (Lipinski definition) is 2. The van der Waals surface area contributed by atoms with E-state index in [4.69, 9.17) is 26.7 Å². The van der Waals surface area contributed by atoms with E-state index in [1.807, 2.05) is 0 Å². The highest BCUT2D eigenvalue weighted by Gasteiger charge is 2.11. The van der Waals surface area contributed by atoms with E-state index in [-0.39, 0.29) is 6.61 Å². The van der Waals surface area contributed by atoms with Gasteiger partial charge in [-0.2, -0.15) is 0 Å². The van der Waals surface area contributed by atoms with Gasteiger partial charge in [0.05, 0.1) is 17.3 Å². The first-order chi connectivity index (χ1) is 7.70. The molecule has 0 bridgehead atoms. The van der Waals surface area contributed by atoms with Gasteiger partial charge in [-0.15, -0.1) is 0 Å². The highest BCUT2D eigenvalue weighted by atomic mass is 35.5. The summed E-state index contributed by atoms with van der Waals surface area (Å²) < 4.78 is 5.45. The summed E-state index contributed by atoms with van der Waals surface area (Å²) in [5.41, 5.74) is 1.08. The van der Waals surface area contributed by atoms with Gasteiger partial charge in [0.2, 0.25) is 0 Å². The van der Waals surface area contributed by atoms with E-state index < -0.39 is 0 Å². The van der Waals surface area contributed by atoms with Crippen molar-refractivity contribution in [1.29, 1.82) is 0 Å². The molecule has 0 unspecified atom stereocenters. The van der Waals surface area contributed by atoms with E-state index in [0.717, 1.165) is 0 Å². The molecule has 1 aromatic carbocycles. The summed E-state index contributed by atoms with van der Waals surface area (Å²) in [4.78, 5) is 0. The fourth-order valence-electron chi connectivity index (χ4n) is 1.23. The first-order valence-electron chi connectivity index (χ1n) is 4.92. The molecule has 4 nitrogen and oxygen atoms in total. The van der Waals surface area contributed by atoms with Crippen molar-refractivity contribution in [3.05, 3.63) is 28.8 Å². The number of oxime groups is 1. The van der Waals surface area contributed by atoms with Crippen molar-refractivity contribution in [2.45, 2.75) is 13.3 Å². The minimum Gasteiger partial charge on any atom is -0.491 e. The van der Waals surface area contributed by atoms with E-state index in [1.54, 1.807) is 25.1 Å². The monoisotopic (exact) mass is 243 g/mol. The summed E-state index contributed by atoms with van der Waals surface area (Å²) >= 11 is 5.99. The van der Waals surface area contributed by atoms with Crippen LogP contribution in [0.15, 0.2) is 23.4 Å². The minimum atomic E-state index is 0.0624. The molecule has 0 amide bonds. The van der Waals surface area contributed by atoms with Gasteiger partial charge in [0, 0.05) is 18.6 Å². The van der Waals surface area contributed by atoms with E-state index in [0.29, 0.717) is 35.1 Å². The number of benzene rings is 1. The minimum absolute atomic E-state index is 0.0624. The third kappa shape index (κ3) is 3.12. The van der Waals surface area contributed by atoms with Crippen LogP contribution in [-0.4, -0.2) is 29.2 Å². The molecular weight excluding hydrogens is 230 g/mol. The number of hydrogen-bond acceptors (Lipinski definition) is 4. The maximum Gasteiger partial charge on any atom is 0.147 e. The molecule has 0 aromatic heterocycles. The van der Waals surface area contributed by atoms with Gasteiger partial charge < -0.3 is 15.1 Å². The predicted octanol–water partition coefficient (Wildman–Crippen LogP) is 2.30. The van der Waals surface area contributed by atoms with Crippen LogP contribution in [0.25, 0.3) is 0 Å². The lowest BCUT2D eigenvalue weighted by Gasteiger charge is -2.11. The Morgan fingerprint density at radius 2 is 2.25 bits per heavy atom. The molecule has 0 spiro atoms. The van der Waals surface area contributed by atoms with E-state index >= 15 is 0 Å². The van der Waals surface area contributed by atoms with Crippen LogP contribution < -0.4 is 4.74 Å². The zero-order chi connectivity index (χ0) is 12.0. The number of aliphatic hydroxyl groups is 1. The fraction of sp³-hybridized carbons (Fsp3) is 0.364. The Balaban J connectivity index is 2.95. The van der Waals surface area contributed by atoms with Gasteiger partial charge in [0.1, 0.15) is 5.75 Å². The second kappa shape index (κ2) is 6.35. The number of halogens is 1. The van der Waals surface area contributed by atoms with E-state index in [9.17, 15) is 0 Å². The molecule has 0 saturated carbocycles.